The first-order valence-electron chi connectivity index (χ1n) is 34.4. The van der Waals surface area contributed by atoms with Crippen molar-refractivity contribution in [3.05, 3.63) is 215 Å². The lowest BCUT2D eigenvalue weighted by Crippen LogP contribution is -2.68. The van der Waals surface area contributed by atoms with Crippen LogP contribution in [-0.2, 0) is 154 Å². The summed E-state index contributed by atoms with van der Waals surface area (Å²) in [6.07, 6.45) is -25.6. The third kappa shape index (κ3) is 22.3. The molecular formula is C78H89NO25. The average Bonchev–Trinajstić information content (AvgIpc) is 0.828. The summed E-state index contributed by atoms with van der Waals surface area (Å²) in [7, 11) is 0. The number of nitrogens with zero attached hydrogens (tertiary/aromatic N) is 1. The lowest BCUT2D eigenvalue weighted by atomic mass is 9.95. The minimum atomic E-state index is -1.83. The molecule has 26 heteroatoms. The maximum atomic E-state index is 14.8. The van der Waals surface area contributed by atoms with Gasteiger partial charge in [-0.05, 0) is 40.3 Å². The first-order chi connectivity index (χ1) is 50.3. The Labute approximate surface area is 603 Å². The van der Waals surface area contributed by atoms with Crippen molar-refractivity contribution in [2.75, 3.05) is 26.4 Å². The number of esters is 6. The zero-order valence-corrected chi connectivity index (χ0v) is 58.9. The highest BCUT2D eigenvalue weighted by atomic mass is 16.8. The van der Waals surface area contributed by atoms with Gasteiger partial charge >= 0.3 is 41.9 Å². The molecule has 26 nitrogen and oxygen atoms in total. The largest absolute Gasteiger partial charge is 0.463 e. The van der Waals surface area contributed by atoms with Crippen LogP contribution in [0, 0.1) is 0 Å². The van der Waals surface area contributed by atoms with E-state index in [4.69, 9.17) is 85.3 Å². The molecule has 4 fully saturated rings. The van der Waals surface area contributed by atoms with Gasteiger partial charge in [0.2, 0.25) is 0 Å². The molecule has 104 heavy (non-hydrogen) atoms. The Morgan fingerprint density at radius 3 is 1.15 bits per heavy atom. The fraction of sp³-hybridized carbons (Fsp3) is 0.449. The van der Waals surface area contributed by atoms with Crippen molar-refractivity contribution in [1.29, 1.82) is 0 Å². The summed E-state index contributed by atoms with van der Waals surface area (Å²) in [6, 6.07) is 55.6. The molecule has 10 rings (SSSR count). The maximum absolute atomic E-state index is 14.8. The van der Waals surface area contributed by atoms with Gasteiger partial charge in [0.1, 0.15) is 62.0 Å². The molecule has 4 heterocycles. The zero-order chi connectivity index (χ0) is 73.5. The molecule has 6 aromatic carbocycles. The van der Waals surface area contributed by atoms with Crippen LogP contribution in [0.3, 0.4) is 0 Å². The molecule has 4 saturated heterocycles. The molecule has 6 aromatic rings. The fourth-order valence-corrected chi connectivity index (χ4v) is 12.8. The molecule has 0 saturated carbocycles. The van der Waals surface area contributed by atoms with Gasteiger partial charge in [-0.1, -0.05) is 182 Å². The predicted octanol–water partition coefficient (Wildman–Crippen LogP) is 8.77. The highest BCUT2D eigenvalue weighted by Crippen LogP contribution is 2.40. The molecule has 18 atom stereocenters. The highest BCUT2D eigenvalue weighted by Gasteiger charge is 2.60. The normalized spacial score (nSPS) is 27.4. The lowest BCUT2D eigenvalue weighted by Gasteiger charge is -2.51. The van der Waals surface area contributed by atoms with Crippen molar-refractivity contribution in [1.82, 2.24) is 4.90 Å². The molecule has 556 valence electrons. The summed E-state index contributed by atoms with van der Waals surface area (Å²) in [5, 5.41) is 0. The van der Waals surface area contributed by atoms with Gasteiger partial charge in [-0.25, -0.2) is 4.79 Å². The molecule has 0 radical (unpaired) electrons. The van der Waals surface area contributed by atoms with E-state index in [0.717, 1.165) is 74.9 Å². The average molecular weight is 1440 g/mol. The molecule has 0 aliphatic carbocycles. The monoisotopic (exact) mass is 1440 g/mol. The standard InChI is InChI=1S/C78H89NO25/c1-48-65(102-77-74(99-54(7)85)71(97-52(5)83)68(95-50(3)81)64(101-77)47-89-49(2)80)70(96-51(4)82)73(98-53(6)84)76(94-48)104-67-63(46-88-40-56-28-16-9-17-29-56)100-75(72(92-43-59-34-22-12-23-35-59)69(67)91-42-58-32-20-11-21-33-58)103-66-61(45-87-39-55-26-14-8-15-27-55)79(78(86)93-44-60-36-24-13-25-37-60)38-62(66)90-41-57-30-18-10-19-31-57/h8-37,48,61-77H,38-47H2,1-7H3/t48-,61-,62-,63-,64-,65-,66-,67-,68-,69+,70+,71+,72-,73-,74-,75-,76+,77+/m1/s1. The Hall–Kier alpha value is -9.03. The third-order valence-electron chi connectivity index (χ3n) is 17.4. The Morgan fingerprint density at radius 2 is 0.692 bits per heavy atom. The minimum absolute atomic E-state index is 0.0211. The van der Waals surface area contributed by atoms with Gasteiger partial charge in [0.05, 0.1) is 64.9 Å². The first-order valence-corrected chi connectivity index (χ1v) is 34.4. The molecular weight excluding hydrogens is 1350 g/mol. The summed E-state index contributed by atoms with van der Waals surface area (Å²) in [5.41, 5.74) is 4.77. The summed E-state index contributed by atoms with van der Waals surface area (Å²) in [6.45, 7) is 7.32. The number of ether oxygens (including phenoxy) is 18. The summed E-state index contributed by atoms with van der Waals surface area (Å²) in [4.78, 5) is 94.7. The smallest absolute Gasteiger partial charge is 0.410 e. The minimum Gasteiger partial charge on any atom is -0.463 e. The van der Waals surface area contributed by atoms with E-state index in [-0.39, 0.29) is 59.4 Å². The molecule has 0 N–H and O–H groups in total. The van der Waals surface area contributed by atoms with Crippen molar-refractivity contribution in [3.8, 4) is 0 Å². The van der Waals surface area contributed by atoms with Crippen LogP contribution < -0.4 is 0 Å². The summed E-state index contributed by atoms with van der Waals surface area (Å²) >= 11 is 0. The van der Waals surface area contributed by atoms with Crippen molar-refractivity contribution in [3.63, 3.8) is 0 Å². The Bertz CT molecular complexity index is 3680. The SMILES string of the molecule is CC(=O)OC[C@H]1O[C@@H](O[C@H]2[C@H](OC(C)=O)[C@@H](OC(C)=O)[C@H](O[C@H]3[C@H](OCc4ccccc4)[C@@H](OCc4ccccc4)[C@@H](O[C@@H]4[C@@H](COCc5ccccc5)N(C(=O)OCc5ccccc5)C[C@H]4OCc4ccccc4)O[C@@H]3COCc3ccccc3)O[C@@H]2C)[C@H](OC(C)=O)[C@@H](OC(C)=O)[C@@H]1OC(C)=O. The summed E-state index contributed by atoms with van der Waals surface area (Å²) in [5.74, 6) is -5.25. The van der Waals surface area contributed by atoms with Gasteiger partial charge in [0.15, 0.2) is 49.4 Å². The number of carbonyl (C=O) groups is 7. The van der Waals surface area contributed by atoms with Gasteiger partial charge in [-0.2, -0.15) is 0 Å². The number of likely N-dealkylation sites (tertiary alicyclic amines) is 1. The highest BCUT2D eigenvalue weighted by molar-refractivity contribution is 5.70. The van der Waals surface area contributed by atoms with Crippen molar-refractivity contribution >= 4 is 41.9 Å². The molecule has 1 amide bonds. The molecule has 4 aliphatic rings. The van der Waals surface area contributed by atoms with Crippen LogP contribution in [0.5, 0.6) is 0 Å². The topological polar surface area (TPSA) is 289 Å². The van der Waals surface area contributed by atoms with Crippen molar-refractivity contribution in [2.24, 2.45) is 0 Å². The van der Waals surface area contributed by atoms with Crippen LogP contribution in [0.4, 0.5) is 4.79 Å². The van der Waals surface area contributed by atoms with Gasteiger partial charge in [-0.15, -0.1) is 0 Å². The number of benzene rings is 6. The van der Waals surface area contributed by atoms with Crippen LogP contribution in [0.25, 0.3) is 0 Å². The van der Waals surface area contributed by atoms with Gasteiger partial charge < -0.3 is 85.3 Å². The number of carbonyl (C=O) groups excluding carboxylic acids is 7. The molecule has 0 aromatic heterocycles. The molecule has 0 spiro atoms. The first kappa shape index (κ1) is 77.6. The van der Waals surface area contributed by atoms with Gasteiger partial charge in [0.25, 0.3) is 0 Å². The Balaban J connectivity index is 1.07. The van der Waals surface area contributed by atoms with Crippen molar-refractivity contribution < 1.29 is 119 Å². The Morgan fingerprint density at radius 1 is 0.337 bits per heavy atom. The van der Waals surface area contributed by atoms with Crippen LogP contribution in [0.1, 0.15) is 81.8 Å². The number of amides is 1. The molecule has 0 bridgehead atoms. The quantitative estimate of drug-likeness (QED) is 0.0281. The second-order valence-electron chi connectivity index (χ2n) is 25.4. The second-order valence-corrected chi connectivity index (χ2v) is 25.4. The van der Waals surface area contributed by atoms with E-state index >= 15 is 0 Å². The predicted molar refractivity (Wildman–Crippen MR) is 365 cm³/mol. The van der Waals surface area contributed by atoms with E-state index in [9.17, 15) is 33.6 Å². The molecule has 4 aliphatic heterocycles. The van der Waals surface area contributed by atoms with Crippen LogP contribution in [0.2, 0.25) is 0 Å². The third-order valence-corrected chi connectivity index (χ3v) is 17.4. The van der Waals surface area contributed by atoms with E-state index in [1.54, 1.807) is 4.90 Å². The van der Waals surface area contributed by atoms with Gasteiger partial charge in [-0.3, -0.25) is 33.7 Å². The maximum Gasteiger partial charge on any atom is 0.410 e. The second kappa shape index (κ2) is 38.6. The fourth-order valence-electron chi connectivity index (χ4n) is 12.8. The number of hydrogen-bond donors (Lipinski definition) is 0. The van der Waals surface area contributed by atoms with Crippen LogP contribution in [0.15, 0.2) is 182 Å². The van der Waals surface area contributed by atoms with E-state index in [2.05, 4.69) is 0 Å². The number of rotatable bonds is 32. The van der Waals surface area contributed by atoms with E-state index in [1.807, 2.05) is 182 Å². The Kier molecular flexibility index (Phi) is 28.8. The van der Waals surface area contributed by atoms with Crippen molar-refractivity contribution in [2.45, 2.75) is 198 Å². The number of hydrogen-bond acceptors (Lipinski definition) is 25. The lowest BCUT2D eigenvalue weighted by molar-refractivity contribution is -0.384. The zero-order valence-electron chi connectivity index (χ0n) is 58.9. The van der Waals surface area contributed by atoms with E-state index in [1.165, 1.54) is 6.92 Å². The van der Waals surface area contributed by atoms with Crippen LogP contribution >= 0.6 is 0 Å². The van der Waals surface area contributed by atoms with E-state index in [0.29, 0.717) is 0 Å². The molecule has 0 unspecified atom stereocenters. The van der Waals surface area contributed by atoms with E-state index < -0.39 is 159 Å². The van der Waals surface area contributed by atoms with Gasteiger partial charge in [0, 0.05) is 41.5 Å². The van der Waals surface area contributed by atoms with Crippen LogP contribution in [-0.4, -0.2) is 184 Å². The summed E-state index contributed by atoms with van der Waals surface area (Å²) < 4.78 is 117.